The van der Waals surface area contributed by atoms with E-state index >= 15 is 0 Å². The van der Waals surface area contributed by atoms with Crippen molar-refractivity contribution in [3.63, 3.8) is 0 Å². The van der Waals surface area contributed by atoms with Gasteiger partial charge in [-0.3, -0.25) is 0 Å². The molecule has 0 saturated heterocycles. The second-order valence-electron chi connectivity index (χ2n) is 5.52. The van der Waals surface area contributed by atoms with Crippen LogP contribution in [-0.4, -0.2) is 25.5 Å². The Morgan fingerprint density at radius 3 is 2.45 bits per heavy atom. The first-order valence-electron chi connectivity index (χ1n) is 7.58. The van der Waals surface area contributed by atoms with Gasteiger partial charge in [-0.15, -0.1) is 0 Å². The van der Waals surface area contributed by atoms with Crippen LogP contribution in [0, 0.1) is 0 Å². The maximum Gasteiger partial charge on any atom is 0.0541 e. The van der Waals surface area contributed by atoms with Crippen molar-refractivity contribution < 1.29 is 0 Å². The average Bonchev–Trinajstić information content (AvgIpc) is 2.51. The number of para-hydroxylation sites is 1. The van der Waals surface area contributed by atoms with Crippen molar-refractivity contribution in [3.8, 4) is 0 Å². The molecule has 1 aliphatic rings. The fourth-order valence-electron chi connectivity index (χ4n) is 2.09. The van der Waals surface area contributed by atoms with Gasteiger partial charge in [-0.1, -0.05) is 48.8 Å². The highest BCUT2D eigenvalue weighted by Crippen LogP contribution is 2.44. The quantitative estimate of drug-likeness (QED) is 0.642. The Balaban J connectivity index is 0.000000217. The van der Waals surface area contributed by atoms with Crippen LogP contribution in [0.15, 0.2) is 52.3 Å². The average molecular weight is 335 g/mol. The van der Waals surface area contributed by atoms with Crippen LogP contribution in [0.2, 0.25) is 5.02 Å². The number of halogens is 1. The van der Waals surface area contributed by atoms with Crippen molar-refractivity contribution in [1.82, 2.24) is 4.90 Å². The van der Waals surface area contributed by atoms with Crippen LogP contribution in [0.3, 0.4) is 0 Å². The molecule has 2 aromatic carbocycles. The molecule has 0 bridgehead atoms. The summed E-state index contributed by atoms with van der Waals surface area (Å²) in [4.78, 5) is 4.69. The van der Waals surface area contributed by atoms with Gasteiger partial charge in [-0.25, -0.2) is 0 Å². The highest BCUT2D eigenvalue weighted by Gasteiger charge is 2.14. The Kier molecular flexibility index (Phi) is 6.62. The lowest BCUT2D eigenvalue weighted by atomic mass is 10.2. The lowest BCUT2D eigenvalue weighted by Gasteiger charge is -2.20. The number of nitrogens with zero attached hydrogens (tertiary/aromatic N) is 1. The fourth-order valence-corrected chi connectivity index (χ4v) is 3.23. The third kappa shape index (κ3) is 4.94. The maximum absolute atomic E-state index is 5.95. The largest absolute Gasteiger partial charge is 0.354 e. The minimum Gasteiger partial charge on any atom is -0.354 e. The number of hydrogen-bond acceptors (Lipinski definition) is 3. The van der Waals surface area contributed by atoms with Gasteiger partial charge in [0.2, 0.25) is 0 Å². The highest BCUT2D eigenvalue weighted by atomic mass is 35.5. The molecule has 0 fully saturated rings. The monoisotopic (exact) mass is 334 g/mol. The molecule has 118 valence electrons. The van der Waals surface area contributed by atoms with E-state index in [0.717, 1.165) is 16.4 Å². The highest BCUT2D eigenvalue weighted by molar-refractivity contribution is 7.99. The summed E-state index contributed by atoms with van der Waals surface area (Å²) >= 11 is 7.72. The second kappa shape index (κ2) is 8.47. The molecular formula is C18H23ClN2S. The van der Waals surface area contributed by atoms with E-state index < -0.39 is 0 Å². The van der Waals surface area contributed by atoms with E-state index in [-0.39, 0.29) is 0 Å². The molecule has 2 nitrogen and oxygen atoms in total. The molecule has 0 saturated carbocycles. The van der Waals surface area contributed by atoms with Crippen LogP contribution in [0.4, 0.5) is 11.4 Å². The SMILES string of the molecule is CCCCN(C)C.Clc1ccc2c(c1)Nc1ccccc1S2. The lowest BCUT2D eigenvalue weighted by Crippen LogP contribution is -2.12. The summed E-state index contributed by atoms with van der Waals surface area (Å²) in [5, 5.41) is 4.14. The zero-order valence-corrected chi connectivity index (χ0v) is 15.0. The molecule has 0 amide bonds. The number of nitrogens with one attached hydrogen (secondary N) is 1. The first kappa shape index (κ1) is 17.2. The van der Waals surface area contributed by atoms with Crippen molar-refractivity contribution in [2.75, 3.05) is 26.0 Å². The second-order valence-corrected chi connectivity index (χ2v) is 7.04. The van der Waals surface area contributed by atoms with Gasteiger partial charge in [0.05, 0.1) is 11.4 Å². The molecule has 4 heteroatoms. The molecule has 0 aliphatic carbocycles. The van der Waals surface area contributed by atoms with Crippen LogP contribution >= 0.6 is 23.4 Å². The van der Waals surface area contributed by atoms with Gasteiger partial charge < -0.3 is 10.2 Å². The minimum atomic E-state index is 0.765. The van der Waals surface area contributed by atoms with Crippen molar-refractivity contribution in [1.29, 1.82) is 0 Å². The van der Waals surface area contributed by atoms with Gasteiger partial charge in [-0.2, -0.15) is 0 Å². The summed E-state index contributed by atoms with van der Waals surface area (Å²) in [6.07, 6.45) is 2.63. The zero-order chi connectivity index (χ0) is 15.9. The number of fused-ring (bicyclic) bond motifs is 2. The molecule has 3 rings (SSSR count). The van der Waals surface area contributed by atoms with E-state index in [1.165, 1.54) is 29.2 Å². The minimum absolute atomic E-state index is 0.765. The Morgan fingerprint density at radius 2 is 1.77 bits per heavy atom. The third-order valence-electron chi connectivity index (χ3n) is 3.28. The molecule has 0 aromatic heterocycles. The summed E-state index contributed by atoms with van der Waals surface area (Å²) < 4.78 is 0. The first-order valence-corrected chi connectivity index (χ1v) is 8.77. The van der Waals surface area contributed by atoms with E-state index in [4.69, 9.17) is 11.6 Å². The number of hydrogen-bond donors (Lipinski definition) is 1. The Hall–Kier alpha value is -1.16. The summed E-state index contributed by atoms with van der Waals surface area (Å²) in [5.41, 5.74) is 2.24. The number of unbranched alkanes of at least 4 members (excludes halogenated alkanes) is 1. The van der Waals surface area contributed by atoms with E-state index in [2.05, 4.69) is 49.4 Å². The standard InChI is InChI=1S/C12H8ClNS.C6H15N/c13-8-5-6-12-10(7-8)14-9-3-1-2-4-11(9)15-12;1-4-5-6-7(2)3/h1-7,14H;4-6H2,1-3H3. The zero-order valence-electron chi connectivity index (χ0n) is 13.4. The maximum atomic E-state index is 5.95. The van der Waals surface area contributed by atoms with Gasteiger partial charge in [0.25, 0.3) is 0 Å². The van der Waals surface area contributed by atoms with Gasteiger partial charge >= 0.3 is 0 Å². The molecule has 0 radical (unpaired) electrons. The number of benzene rings is 2. The van der Waals surface area contributed by atoms with Gasteiger partial charge in [0, 0.05) is 14.8 Å². The molecule has 1 N–H and O–H groups in total. The molecule has 0 atom stereocenters. The van der Waals surface area contributed by atoms with Crippen molar-refractivity contribution in [3.05, 3.63) is 47.5 Å². The van der Waals surface area contributed by atoms with Crippen LogP contribution in [0.5, 0.6) is 0 Å². The molecule has 22 heavy (non-hydrogen) atoms. The number of anilines is 2. The van der Waals surface area contributed by atoms with E-state index in [0.29, 0.717) is 0 Å². The molecule has 0 unspecified atom stereocenters. The normalized spacial score (nSPS) is 11.9. The van der Waals surface area contributed by atoms with Crippen LogP contribution in [-0.2, 0) is 0 Å². The van der Waals surface area contributed by atoms with Gasteiger partial charge in [0.1, 0.15) is 0 Å². The van der Waals surface area contributed by atoms with E-state index in [1.807, 2.05) is 24.3 Å². The summed E-state index contributed by atoms with van der Waals surface area (Å²) in [6.45, 7) is 3.44. The molecule has 1 aliphatic heterocycles. The first-order chi connectivity index (χ1) is 10.6. The van der Waals surface area contributed by atoms with Crippen molar-refractivity contribution in [2.45, 2.75) is 29.6 Å². The Bertz CT molecular complexity index is 614. The summed E-state index contributed by atoms with van der Waals surface area (Å²) in [6, 6.07) is 14.2. The molecule has 0 spiro atoms. The van der Waals surface area contributed by atoms with Crippen molar-refractivity contribution in [2.24, 2.45) is 0 Å². The van der Waals surface area contributed by atoms with E-state index in [9.17, 15) is 0 Å². The number of rotatable bonds is 3. The molecular weight excluding hydrogens is 312 g/mol. The predicted molar refractivity (Wildman–Crippen MR) is 98.8 cm³/mol. The Morgan fingerprint density at radius 1 is 1.05 bits per heavy atom. The van der Waals surface area contributed by atoms with Crippen LogP contribution in [0.1, 0.15) is 19.8 Å². The van der Waals surface area contributed by atoms with Gasteiger partial charge in [0.15, 0.2) is 0 Å². The summed E-state index contributed by atoms with van der Waals surface area (Å²) in [5.74, 6) is 0. The predicted octanol–water partition coefficient (Wildman–Crippen LogP) is 5.90. The summed E-state index contributed by atoms with van der Waals surface area (Å²) in [7, 11) is 4.21. The van der Waals surface area contributed by atoms with E-state index in [1.54, 1.807) is 11.8 Å². The smallest absolute Gasteiger partial charge is 0.0541 e. The van der Waals surface area contributed by atoms with Crippen LogP contribution in [0.25, 0.3) is 0 Å². The third-order valence-corrected chi connectivity index (χ3v) is 4.66. The van der Waals surface area contributed by atoms with Crippen molar-refractivity contribution >= 4 is 34.7 Å². The topological polar surface area (TPSA) is 15.3 Å². The molecule has 2 aromatic rings. The lowest BCUT2D eigenvalue weighted by molar-refractivity contribution is 0.398. The van der Waals surface area contributed by atoms with Crippen LogP contribution < -0.4 is 5.32 Å². The fraction of sp³-hybridized carbons (Fsp3) is 0.333. The van der Waals surface area contributed by atoms with Gasteiger partial charge in [-0.05, 0) is 57.4 Å². The molecule has 1 heterocycles. The Labute approximate surface area is 142 Å².